The van der Waals surface area contributed by atoms with Crippen LogP contribution in [0.15, 0.2) is 58.5 Å². The third-order valence-electron chi connectivity index (χ3n) is 4.42. The Morgan fingerprint density at radius 1 is 0.679 bits per heavy atom. The Labute approximate surface area is 167 Å². The third kappa shape index (κ3) is 7.90. The maximum atomic E-state index is 9.70. The van der Waals surface area contributed by atoms with Crippen LogP contribution in [0.3, 0.4) is 0 Å². The number of para-hydroxylation sites is 2. The lowest BCUT2D eigenvalue weighted by Gasteiger charge is -2.20. The number of benzene rings is 2. The van der Waals surface area contributed by atoms with Gasteiger partial charge in [-0.3, -0.25) is 9.98 Å². The summed E-state index contributed by atoms with van der Waals surface area (Å²) >= 11 is 0. The first-order valence-electron chi connectivity index (χ1n) is 9.49. The van der Waals surface area contributed by atoms with Crippen molar-refractivity contribution in [2.45, 2.75) is 0 Å². The second kappa shape index (κ2) is 11.9. The topological polar surface area (TPSA) is 71.7 Å². The predicted molar refractivity (Wildman–Crippen MR) is 116 cm³/mol. The summed E-state index contributed by atoms with van der Waals surface area (Å²) in [7, 11) is 4.17. The smallest absolute Gasteiger partial charge is 0.124 e. The summed E-state index contributed by atoms with van der Waals surface area (Å²) < 4.78 is 0. The molecule has 0 radical (unpaired) electrons. The minimum absolute atomic E-state index is 0.256. The second-order valence-electron chi connectivity index (χ2n) is 6.79. The monoisotopic (exact) mass is 382 g/mol. The van der Waals surface area contributed by atoms with E-state index in [0.29, 0.717) is 13.1 Å². The summed E-state index contributed by atoms with van der Waals surface area (Å²) in [5.41, 5.74) is 1.49. The van der Waals surface area contributed by atoms with Gasteiger partial charge < -0.3 is 20.0 Å². The van der Waals surface area contributed by atoms with E-state index in [4.69, 9.17) is 0 Å². The van der Waals surface area contributed by atoms with Crippen LogP contribution in [0.4, 0.5) is 0 Å². The molecule has 0 aliphatic carbocycles. The lowest BCUT2D eigenvalue weighted by atomic mass is 10.2. The van der Waals surface area contributed by atoms with Crippen LogP contribution in [0.1, 0.15) is 11.1 Å². The van der Waals surface area contributed by atoms with Crippen molar-refractivity contribution in [3.8, 4) is 11.5 Å². The van der Waals surface area contributed by atoms with E-state index in [0.717, 1.165) is 37.3 Å². The number of hydrogen-bond acceptors (Lipinski definition) is 6. The summed E-state index contributed by atoms with van der Waals surface area (Å²) in [5, 5.41) is 19.4. The van der Waals surface area contributed by atoms with E-state index in [-0.39, 0.29) is 11.5 Å². The molecule has 6 heteroatoms. The SMILES string of the molecule is CN(CC/N=C\c1ccccc1O)CCN(C)CC/N=C\c1ccccc1O. The molecule has 0 aliphatic rings. The molecule has 150 valence electrons. The van der Waals surface area contributed by atoms with Gasteiger partial charge in [0.05, 0.1) is 13.1 Å². The van der Waals surface area contributed by atoms with Crippen LogP contribution in [0.25, 0.3) is 0 Å². The number of hydrogen-bond donors (Lipinski definition) is 2. The van der Waals surface area contributed by atoms with Crippen molar-refractivity contribution in [3.05, 3.63) is 59.7 Å². The molecule has 0 spiro atoms. The molecule has 6 nitrogen and oxygen atoms in total. The fourth-order valence-corrected chi connectivity index (χ4v) is 2.54. The fraction of sp³-hybridized carbons (Fsp3) is 0.364. The number of phenols is 2. The standard InChI is InChI=1S/C22H30N4O2/c1-25(13-11-23-17-19-7-3-5-9-21(19)27)15-16-26(2)14-12-24-18-20-8-4-6-10-22(20)28/h3-10,17-18,27-28H,11-16H2,1-2H3/b23-17-,24-18-. The highest BCUT2D eigenvalue weighted by molar-refractivity contribution is 5.83. The molecule has 0 unspecified atom stereocenters. The molecule has 0 heterocycles. The Morgan fingerprint density at radius 2 is 1.07 bits per heavy atom. The molecule has 2 aromatic carbocycles. The predicted octanol–water partition coefficient (Wildman–Crippen LogP) is 2.50. The van der Waals surface area contributed by atoms with Gasteiger partial charge in [0.2, 0.25) is 0 Å². The van der Waals surface area contributed by atoms with Gasteiger partial charge in [-0.25, -0.2) is 0 Å². The molecule has 0 amide bonds. The molecule has 0 atom stereocenters. The zero-order valence-electron chi connectivity index (χ0n) is 16.7. The largest absolute Gasteiger partial charge is 0.507 e. The van der Waals surface area contributed by atoms with Gasteiger partial charge in [0.15, 0.2) is 0 Å². The van der Waals surface area contributed by atoms with Gasteiger partial charge in [-0.05, 0) is 38.4 Å². The summed E-state index contributed by atoms with van der Waals surface area (Å²) in [5.74, 6) is 0.512. The molecule has 0 fully saturated rings. The average Bonchev–Trinajstić information content (AvgIpc) is 2.69. The van der Waals surface area contributed by atoms with Crippen molar-refractivity contribution in [2.24, 2.45) is 9.98 Å². The summed E-state index contributed by atoms with van der Waals surface area (Å²) in [6.07, 6.45) is 3.44. The molecule has 0 bridgehead atoms. The zero-order chi connectivity index (χ0) is 20.2. The molecule has 0 saturated carbocycles. The Kier molecular flexibility index (Phi) is 9.18. The molecule has 0 aliphatic heterocycles. The Bertz CT molecular complexity index is 711. The van der Waals surface area contributed by atoms with Crippen molar-refractivity contribution in [1.29, 1.82) is 0 Å². The van der Waals surface area contributed by atoms with Gasteiger partial charge in [-0.1, -0.05) is 24.3 Å². The zero-order valence-corrected chi connectivity index (χ0v) is 16.7. The van der Waals surface area contributed by atoms with Crippen LogP contribution in [-0.2, 0) is 0 Å². The van der Waals surface area contributed by atoms with Crippen LogP contribution in [0.5, 0.6) is 11.5 Å². The fourth-order valence-electron chi connectivity index (χ4n) is 2.54. The number of aliphatic imine (C=N–C) groups is 2. The normalized spacial score (nSPS) is 12.0. The maximum absolute atomic E-state index is 9.70. The molecule has 2 rings (SSSR count). The highest BCUT2D eigenvalue weighted by Crippen LogP contribution is 2.13. The Hall–Kier alpha value is -2.70. The van der Waals surface area contributed by atoms with Crippen LogP contribution in [-0.4, -0.2) is 85.8 Å². The average molecular weight is 383 g/mol. The van der Waals surface area contributed by atoms with Crippen LogP contribution >= 0.6 is 0 Å². The third-order valence-corrected chi connectivity index (χ3v) is 4.42. The van der Waals surface area contributed by atoms with Crippen LogP contribution in [0.2, 0.25) is 0 Å². The number of nitrogens with zero attached hydrogens (tertiary/aromatic N) is 4. The quantitative estimate of drug-likeness (QED) is 0.586. The van der Waals surface area contributed by atoms with E-state index >= 15 is 0 Å². The molecular formula is C22H30N4O2. The Balaban J connectivity index is 1.59. The van der Waals surface area contributed by atoms with E-state index in [9.17, 15) is 10.2 Å². The second-order valence-corrected chi connectivity index (χ2v) is 6.79. The van der Waals surface area contributed by atoms with Crippen molar-refractivity contribution >= 4 is 12.4 Å². The number of aromatic hydroxyl groups is 2. The maximum Gasteiger partial charge on any atom is 0.124 e. The molecule has 0 saturated heterocycles. The molecule has 0 aromatic heterocycles. The molecule has 28 heavy (non-hydrogen) atoms. The van der Waals surface area contributed by atoms with Crippen molar-refractivity contribution < 1.29 is 10.2 Å². The van der Waals surface area contributed by atoms with E-state index in [1.165, 1.54) is 0 Å². The lowest BCUT2D eigenvalue weighted by molar-refractivity contribution is 0.264. The lowest BCUT2D eigenvalue weighted by Crippen LogP contribution is -2.33. The number of likely N-dealkylation sites (N-methyl/N-ethyl adjacent to an activating group) is 2. The van der Waals surface area contributed by atoms with Crippen LogP contribution in [0, 0.1) is 0 Å². The van der Waals surface area contributed by atoms with E-state index in [2.05, 4.69) is 33.9 Å². The van der Waals surface area contributed by atoms with Crippen molar-refractivity contribution in [1.82, 2.24) is 9.80 Å². The van der Waals surface area contributed by atoms with Crippen molar-refractivity contribution in [3.63, 3.8) is 0 Å². The van der Waals surface area contributed by atoms with Gasteiger partial charge in [-0.15, -0.1) is 0 Å². The summed E-state index contributed by atoms with van der Waals surface area (Å²) in [6, 6.07) is 14.4. The Morgan fingerprint density at radius 3 is 1.46 bits per heavy atom. The van der Waals surface area contributed by atoms with Gasteiger partial charge in [-0.2, -0.15) is 0 Å². The van der Waals surface area contributed by atoms with E-state index < -0.39 is 0 Å². The van der Waals surface area contributed by atoms with Gasteiger partial charge in [0.1, 0.15) is 11.5 Å². The molecule has 2 N–H and O–H groups in total. The molecular weight excluding hydrogens is 352 g/mol. The summed E-state index contributed by atoms with van der Waals surface area (Å²) in [4.78, 5) is 13.3. The van der Waals surface area contributed by atoms with Gasteiger partial charge in [0, 0.05) is 49.7 Å². The first-order valence-corrected chi connectivity index (χ1v) is 9.49. The number of rotatable bonds is 11. The van der Waals surface area contributed by atoms with E-state index in [1.807, 2.05) is 24.3 Å². The highest BCUT2D eigenvalue weighted by Gasteiger charge is 2.02. The minimum Gasteiger partial charge on any atom is -0.507 e. The molecule has 2 aromatic rings. The highest BCUT2D eigenvalue weighted by atomic mass is 16.3. The first-order chi connectivity index (χ1) is 13.6. The van der Waals surface area contributed by atoms with E-state index in [1.54, 1.807) is 36.7 Å². The van der Waals surface area contributed by atoms with Crippen molar-refractivity contribution in [2.75, 3.05) is 53.4 Å². The van der Waals surface area contributed by atoms with Crippen LogP contribution < -0.4 is 0 Å². The summed E-state index contributed by atoms with van der Waals surface area (Å²) in [6.45, 7) is 5.02. The number of phenolic OH excluding ortho intramolecular Hbond substituents is 2. The van der Waals surface area contributed by atoms with Gasteiger partial charge >= 0.3 is 0 Å². The first kappa shape index (κ1) is 21.6. The minimum atomic E-state index is 0.256. The van der Waals surface area contributed by atoms with Gasteiger partial charge in [0.25, 0.3) is 0 Å².